The number of hydrogen-bond acceptors (Lipinski definition) is 5. The summed E-state index contributed by atoms with van der Waals surface area (Å²) in [6, 6.07) is 9.42. The van der Waals surface area contributed by atoms with E-state index in [1.807, 2.05) is 0 Å². The highest BCUT2D eigenvalue weighted by Gasteiger charge is 2.47. The second-order valence-corrected chi connectivity index (χ2v) is 8.15. The van der Waals surface area contributed by atoms with Gasteiger partial charge in [0, 0.05) is 35.0 Å². The molecule has 3 aromatic rings. The smallest absolute Gasteiger partial charge is 0.387 e. The van der Waals surface area contributed by atoms with Gasteiger partial charge in [0.25, 0.3) is 5.56 Å². The van der Waals surface area contributed by atoms with Crippen LogP contribution in [0.1, 0.15) is 18.1 Å². The molecule has 162 valence electrons. The van der Waals surface area contributed by atoms with Crippen LogP contribution < -0.4 is 10.5 Å². The van der Waals surface area contributed by atoms with Crippen LogP contribution in [0, 0.1) is 0 Å². The summed E-state index contributed by atoms with van der Waals surface area (Å²) in [5.41, 5.74) is 0.833. The summed E-state index contributed by atoms with van der Waals surface area (Å²) in [6.45, 7) is -0.474. The van der Waals surface area contributed by atoms with Crippen molar-refractivity contribution >= 4 is 21.9 Å². The van der Waals surface area contributed by atoms with Gasteiger partial charge in [0.05, 0.1) is 18.3 Å². The number of anilines is 1. The molecule has 2 unspecified atom stereocenters. The third-order valence-electron chi connectivity index (χ3n) is 5.20. The molecule has 4 rings (SSSR count). The number of hydrogen-bond donors (Lipinski definition) is 1. The number of β-amino-alcohol motifs (C(OH)–C–C–N with tert-alkyl or cyclic N) is 1. The molecule has 2 aromatic heterocycles. The highest BCUT2D eigenvalue weighted by Crippen LogP contribution is 2.35. The number of alkyl halides is 3. The Labute approximate surface area is 184 Å². The second kappa shape index (κ2) is 8.43. The molecular formula is C21H18BrF3N4O2. The number of aliphatic hydroxyl groups is 1. The lowest BCUT2D eigenvalue weighted by Crippen LogP contribution is -2.53. The van der Waals surface area contributed by atoms with Gasteiger partial charge in [0.1, 0.15) is 6.04 Å². The van der Waals surface area contributed by atoms with Gasteiger partial charge in [-0.1, -0.05) is 28.1 Å². The molecular weight excluding hydrogens is 477 g/mol. The lowest BCUT2D eigenvalue weighted by Gasteiger charge is -2.40. The van der Waals surface area contributed by atoms with Crippen LogP contribution in [-0.2, 0) is 6.54 Å². The number of fused-ring (bicyclic) bond motifs is 1. The summed E-state index contributed by atoms with van der Waals surface area (Å²) in [6.07, 6.45) is -3.04. The van der Waals surface area contributed by atoms with Crippen LogP contribution in [-0.4, -0.2) is 38.4 Å². The zero-order valence-electron chi connectivity index (χ0n) is 16.1. The average molecular weight is 495 g/mol. The minimum atomic E-state index is -4.55. The fourth-order valence-electron chi connectivity index (χ4n) is 3.70. The quantitative estimate of drug-likeness (QED) is 0.594. The van der Waals surface area contributed by atoms with Crippen molar-refractivity contribution in [1.82, 2.24) is 14.5 Å². The molecule has 10 heteroatoms. The first-order valence-corrected chi connectivity index (χ1v) is 10.3. The summed E-state index contributed by atoms with van der Waals surface area (Å²) < 4.78 is 43.5. The van der Waals surface area contributed by atoms with Gasteiger partial charge in [-0.15, -0.1) is 0 Å². The molecule has 1 aliphatic rings. The first-order valence-electron chi connectivity index (χ1n) is 9.53. The van der Waals surface area contributed by atoms with Gasteiger partial charge in [-0.3, -0.25) is 14.3 Å². The van der Waals surface area contributed by atoms with Gasteiger partial charge in [0.2, 0.25) is 5.95 Å². The molecule has 0 aliphatic carbocycles. The number of benzene rings is 1. The van der Waals surface area contributed by atoms with Crippen molar-refractivity contribution in [1.29, 1.82) is 0 Å². The van der Waals surface area contributed by atoms with Crippen molar-refractivity contribution in [2.45, 2.75) is 31.3 Å². The second-order valence-electron chi connectivity index (χ2n) is 7.24. The van der Waals surface area contributed by atoms with Gasteiger partial charge in [0.15, 0.2) is 0 Å². The number of rotatable bonds is 4. The van der Waals surface area contributed by atoms with Gasteiger partial charge >= 0.3 is 6.18 Å². The first kappa shape index (κ1) is 21.5. The molecule has 0 saturated carbocycles. The molecule has 31 heavy (non-hydrogen) atoms. The highest BCUT2D eigenvalue weighted by molar-refractivity contribution is 9.10. The van der Waals surface area contributed by atoms with Gasteiger partial charge in [-0.25, -0.2) is 4.98 Å². The van der Waals surface area contributed by atoms with Gasteiger partial charge < -0.3 is 10.0 Å². The Morgan fingerprint density at radius 1 is 1.19 bits per heavy atom. The van der Waals surface area contributed by atoms with Crippen molar-refractivity contribution in [2.75, 3.05) is 11.4 Å². The van der Waals surface area contributed by atoms with E-state index in [2.05, 4.69) is 25.9 Å². The predicted molar refractivity (Wildman–Crippen MR) is 113 cm³/mol. The van der Waals surface area contributed by atoms with E-state index in [4.69, 9.17) is 0 Å². The Hall–Kier alpha value is -2.72. The third-order valence-corrected chi connectivity index (χ3v) is 5.70. The fraction of sp³-hybridized carbons (Fsp3) is 0.286. The summed E-state index contributed by atoms with van der Waals surface area (Å²) in [5.74, 6) is -0.109. The molecule has 0 amide bonds. The lowest BCUT2D eigenvalue weighted by atomic mass is 10.1. The lowest BCUT2D eigenvalue weighted by molar-refractivity contribution is -0.153. The van der Waals surface area contributed by atoms with E-state index in [9.17, 15) is 23.1 Å². The van der Waals surface area contributed by atoms with Crippen molar-refractivity contribution in [3.8, 4) is 11.3 Å². The van der Waals surface area contributed by atoms with E-state index in [0.717, 1.165) is 4.90 Å². The van der Waals surface area contributed by atoms with E-state index >= 15 is 0 Å². The third kappa shape index (κ3) is 4.49. The Morgan fingerprint density at radius 2 is 1.94 bits per heavy atom. The molecule has 0 fully saturated rings. The van der Waals surface area contributed by atoms with Crippen LogP contribution in [0.15, 0.2) is 64.1 Å². The SMILES string of the molecule is O=c1cc(-c2ccncc2)nc2n1CCC(C(F)(F)F)N2CC(O)c1cccc(Br)c1. The van der Waals surface area contributed by atoms with E-state index in [-0.39, 0.29) is 31.2 Å². The number of nitrogens with zero attached hydrogens (tertiary/aromatic N) is 4. The van der Waals surface area contributed by atoms with Gasteiger partial charge in [-0.05, 0) is 36.2 Å². The minimum absolute atomic E-state index is 0.106. The summed E-state index contributed by atoms with van der Waals surface area (Å²) >= 11 is 3.30. The van der Waals surface area contributed by atoms with E-state index in [1.165, 1.54) is 23.0 Å². The maximum absolute atomic E-state index is 13.9. The van der Waals surface area contributed by atoms with Crippen LogP contribution in [0.5, 0.6) is 0 Å². The monoisotopic (exact) mass is 494 g/mol. The van der Waals surface area contributed by atoms with Crippen LogP contribution in [0.4, 0.5) is 19.1 Å². The first-order chi connectivity index (χ1) is 14.7. The largest absolute Gasteiger partial charge is 0.408 e. The Bertz CT molecular complexity index is 1140. The molecule has 6 nitrogen and oxygen atoms in total. The highest BCUT2D eigenvalue weighted by atomic mass is 79.9. The maximum atomic E-state index is 13.9. The standard InChI is InChI=1S/C21H18BrF3N4O2/c22-15-3-1-2-14(10-15)17(30)12-29-18(21(23,24)25)6-9-28-19(31)11-16(27-20(28)29)13-4-7-26-8-5-13/h1-5,7-8,10-11,17-18,30H,6,9,12H2. The molecule has 0 bridgehead atoms. The van der Waals surface area contributed by atoms with E-state index in [1.54, 1.807) is 36.4 Å². The summed E-state index contributed by atoms with van der Waals surface area (Å²) in [4.78, 5) is 22.0. The van der Waals surface area contributed by atoms with E-state index in [0.29, 0.717) is 15.6 Å². The van der Waals surface area contributed by atoms with Crippen LogP contribution in [0.25, 0.3) is 11.3 Å². The number of aromatic nitrogens is 3. The number of aliphatic hydroxyl groups excluding tert-OH is 1. The molecule has 0 saturated heterocycles. The van der Waals surface area contributed by atoms with Crippen molar-refractivity contribution in [2.24, 2.45) is 0 Å². The molecule has 1 N–H and O–H groups in total. The number of pyridine rings is 1. The van der Waals surface area contributed by atoms with Crippen molar-refractivity contribution < 1.29 is 18.3 Å². The Kier molecular flexibility index (Phi) is 5.85. The van der Waals surface area contributed by atoms with Crippen LogP contribution in [0.3, 0.4) is 0 Å². The maximum Gasteiger partial charge on any atom is 0.408 e. The average Bonchev–Trinajstić information content (AvgIpc) is 2.73. The van der Waals surface area contributed by atoms with Crippen LogP contribution in [0.2, 0.25) is 0 Å². The molecule has 0 radical (unpaired) electrons. The number of halogens is 4. The topological polar surface area (TPSA) is 71.2 Å². The van der Waals surface area contributed by atoms with Gasteiger partial charge in [-0.2, -0.15) is 13.2 Å². The summed E-state index contributed by atoms with van der Waals surface area (Å²) in [7, 11) is 0. The van der Waals surface area contributed by atoms with Crippen molar-refractivity contribution in [3.63, 3.8) is 0 Å². The Morgan fingerprint density at radius 3 is 2.61 bits per heavy atom. The molecule has 3 heterocycles. The normalized spacial score (nSPS) is 17.3. The Balaban J connectivity index is 1.79. The predicted octanol–water partition coefficient (Wildman–Crippen LogP) is 3.94. The van der Waals surface area contributed by atoms with Crippen LogP contribution >= 0.6 is 15.9 Å². The zero-order chi connectivity index (χ0) is 22.2. The summed E-state index contributed by atoms with van der Waals surface area (Å²) in [5, 5.41) is 10.7. The molecule has 0 spiro atoms. The minimum Gasteiger partial charge on any atom is -0.387 e. The van der Waals surface area contributed by atoms with Crippen molar-refractivity contribution in [3.05, 3.63) is 75.2 Å². The molecule has 1 aromatic carbocycles. The molecule has 2 atom stereocenters. The molecule has 1 aliphatic heterocycles. The fourth-order valence-corrected chi connectivity index (χ4v) is 4.11. The zero-order valence-corrected chi connectivity index (χ0v) is 17.7. The van der Waals surface area contributed by atoms with E-state index < -0.39 is 23.9 Å².